The predicted molar refractivity (Wildman–Crippen MR) is 101 cm³/mol. The molecule has 2 atom stereocenters. The topological polar surface area (TPSA) is 60.9 Å². The van der Waals surface area contributed by atoms with Crippen LogP contribution >= 0.6 is 0 Å². The molecule has 4 aliphatic rings. The largest absolute Gasteiger partial charge is 0.347 e. The van der Waals surface area contributed by atoms with Crippen molar-refractivity contribution in [1.29, 1.82) is 0 Å². The van der Waals surface area contributed by atoms with Crippen molar-refractivity contribution in [3.05, 3.63) is 35.9 Å². The number of piperidine rings is 1. The molecular formula is C21H27N3O3. The van der Waals surface area contributed by atoms with E-state index in [-0.39, 0.29) is 36.2 Å². The fourth-order valence-corrected chi connectivity index (χ4v) is 4.51. The summed E-state index contributed by atoms with van der Waals surface area (Å²) in [6.45, 7) is 1.13. The quantitative estimate of drug-likeness (QED) is 0.803. The van der Waals surface area contributed by atoms with Crippen LogP contribution in [0.5, 0.6) is 0 Å². The summed E-state index contributed by atoms with van der Waals surface area (Å²) in [5, 5.41) is 0. The number of fused-ring (bicyclic) bond motifs is 4. The Balaban J connectivity index is 1.54. The molecule has 4 fully saturated rings. The Labute approximate surface area is 160 Å². The van der Waals surface area contributed by atoms with Crippen LogP contribution in [0.3, 0.4) is 0 Å². The third kappa shape index (κ3) is 3.11. The maximum absolute atomic E-state index is 13.4. The standard InChI is InChI=1S/C21H27N3O3/c1-22(2)18(25)14-24-17-9-8-15(19(24)26)12-23(13-17)20(27)21(10-11-21)16-6-4-3-5-7-16/h3-7,15,17H,8-14H2,1-2H3/t15-,17+/m1/s1. The Morgan fingerprint density at radius 3 is 2.44 bits per heavy atom. The SMILES string of the molecule is CN(C)C(=O)CN1C(=O)[C@@H]2CC[C@H]1CN(C(=O)C1(c3ccccc3)CC1)C2. The number of hydrogen-bond acceptors (Lipinski definition) is 3. The van der Waals surface area contributed by atoms with Crippen LogP contribution in [-0.2, 0) is 19.8 Å². The summed E-state index contributed by atoms with van der Waals surface area (Å²) < 4.78 is 0. The lowest BCUT2D eigenvalue weighted by molar-refractivity contribution is -0.145. The number of likely N-dealkylation sites (N-methyl/N-ethyl adjacent to an activating group) is 1. The smallest absolute Gasteiger partial charge is 0.241 e. The van der Waals surface area contributed by atoms with Crippen LogP contribution in [-0.4, -0.2) is 72.2 Å². The van der Waals surface area contributed by atoms with E-state index in [1.54, 1.807) is 19.0 Å². The number of amides is 3. The van der Waals surface area contributed by atoms with Crippen molar-refractivity contribution in [1.82, 2.24) is 14.7 Å². The first-order valence-corrected chi connectivity index (χ1v) is 9.78. The van der Waals surface area contributed by atoms with E-state index in [0.29, 0.717) is 13.1 Å². The van der Waals surface area contributed by atoms with E-state index in [0.717, 1.165) is 31.2 Å². The minimum absolute atomic E-state index is 0.0290. The first-order chi connectivity index (χ1) is 12.9. The highest BCUT2D eigenvalue weighted by atomic mass is 16.2. The van der Waals surface area contributed by atoms with Crippen LogP contribution in [0, 0.1) is 5.92 Å². The van der Waals surface area contributed by atoms with E-state index in [4.69, 9.17) is 0 Å². The summed E-state index contributed by atoms with van der Waals surface area (Å²) in [6, 6.07) is 9.93. The van der Waals surface area contributed by atoms with Crippen LogP contribution in [0.4, 0.5) is 0 Å². The number of hydrogen-bond donors (Lipinski definition) is 0. The van der Waals surface area contributed by atoms with Crippen LogP contribution < -0.4 is 0 Å². The van der Waals surface area contributed by atoms with Crippen molar-refractivity contribution in [2.24, 2.45) is 5.92 Å². The predicted octanol–water partition coefficient (Wildman–Crippen LogP) is 1.26. The van der Waals surface area contributed by atoms with Gasteiger partial charge in [-0.3, -0.25) is 14.4 Å². The van der Waals surface area contributed by atoms with Crippen molar-refractivity contribution < 1.29 is 14.4 Å². The Bertz CT molecular complexity index is 757. The molecule has 5 rings (SSSR count). The zero-order valence-electron chi connectivity index (χ0n) is 16.1. The van der Waals surface area contributed by atoms with Gasteiger partial charge >= 0.3 is 0 Å². The van der Waals surface area contributed by atoms with Crippen molar-refractivity contribution in [3.8, 4) is 0 Å². The van der Waals surface area contributed by atoms with Crippen molar-refractivity contribution in [2.45, 2.75) is 37.1 Å². The fourth-order valence-electron chi connectivity index (χ4n) is 4.51. The molecule has 1 aliphatic carbocycles. The van der Waals surface area contributed by atoms with Crippen molar-refractivity contribution in [3.63, 3.8) is 0 Å². The van der Waals surface area contributed by atoms with Crippen molar-refractivity contribution in [2.75, 3.05) is 33.7 Å². The highest BCUT2D eigenvalue weighted by Gasteiger charge is 2.54. The average molecular weight is 369 g/mol. The zero-order chi connectivity index (χ0) is 19.2. The van der Waals surface area contributed by atoms with Gasteiger partial charge in [0.15, 0.2) is 0 Å². The monoisotopic (exact) mass is 369 g/mol. The first-order valence-electron chi connectivity index (χ1n) is 9.78. The number of nitrogens with zero attached hydrogens (tertiary/aromatic N) is 3. The van der Waals surface area contributed by atoms with E-state index in [1.807, 2.05) is 35.2 Å². The molecule has 1 aromatic rings. The van der Waals surface area contributed by atoms with Gasteiger partial charge in [0.2, 0.25) is 17.7 Å². The van der Waals surface area contributed by atoms with Crippen LogP contribution in [0.15, 0.2) is 30.3 Å². The molecule has 3 heterocycles. The Hall–Kier alpha value is -2.37. The minimum Gasteiger partial charge on any atom is -0.347 e. The molecule has 0 N–H and O–H groups in total. The van der Waals surface area contributed by atoms with Gasteiger partial charge in [-0.05, 0) is 31.2 Å². The molecule has 0 radical (unpaired) electrons. The molecule has 27 heavy (non-hydrogen) atoms. The lowest BCUT2D eigenvalue weighted by Gasteiger charge is -2.36. The number of carbonyl (C=O) groups excluding carboxylic acids is 3. The lowest BCUT2D eigenvalue weighted by Crippen LogP contribution is -2.51. The Kier molecular flexibility index (Phi) is 4.44. The van der Waals surface area contributed by atoms with E-state index in [1.165, 1.54) is 4.90 Å². The van der Waals surface area contributed by atoms with Crippen LogP contribution in [0.25, 0.3) is 0 Å². The van der Waals surface area contributed by atoms with E-state index >= 15 is 0 Å². The molecule has 1 saturated carbocycles. The summed E-state index contributed by atoms with van der Waals surface area (Å²) in [5.41, 5.74) is 0.677. The average Bonchev–Trinajstić information content (AvgIpc) is 3.49. The molecule has 3 saturated heterocycles. The van der Waals surface area contributed by atoms with E-state index in [2.05, 4.69) is 0 Å². The summed E-state index contributed by atoms with van der Waals surface area (Å²) >= 11 is 0. The molecule has 0 unspecified atom stereocenters. The molecule has 6 heteroatoms. The molecule has 3 aliphatic heterocycles. The summed E-state index contributed by atoms with van der Waals surface area (Å²) in [4.78, 5) is 43.6. The van der Waals surface area contributed by atoms with Gasteiger partial charge in [-0.2, -0.15) is 0 Å². The second-order valence-electron chi connectivity index (χ2n) is 8.34. The normalized spacial score (nSPS) is 25.9. The molecular weight excluding hydrogens is 342 g/mol. The molecule has 2 bridgehead atoms. The number of rotatable bonds is 4. The third-order valence-electron chi connectivity index (χ3n) is 6.37. The van der Waals surface area contributed by atoms with E-state index < -0.39 is 5.41 Å². The first kappa shape index (κ1) is 18.0. The second-order valence-corrected chi connectivity index (χ2v) is 8.34. The molecule has 1 aromatic carbocycles. The molecule has 0 aromatic heterocycles. The van der Waals surface area contributed by atoms with Crippen LogP contribution in [0.1, 0.15) is 31.2 Å². The fraction of sp³-hybridized carbons (Fsp3) is 0.571. The van der Waals surface area contributed by atoms with Gasteiger partial charge in [0.05, 0.1) is 11.3 Å². The second kappa shape index (κ2) is 6.66. The van der Waals surface area contributed by atoms with E-state index in [9.17, 15) is 14.4 Å². The van der Waals surface area contributed by atoms with Gasteiger partial charge in [0.25, 0.3) is 0 Å². The summed E-state index contributed by atoms with van der Waals surface area (Å²) in [6.07, 6.45) is 3.41. The van der Waals surface area contributed by atoms with Gasteiger partial charge in [-0.1, -0.05) is 30.3 Å². The van der Waals surface area contributed by atoms with Crippen LogP contribution in [0.2, 0.25) is 0 Å². The van der Waals surface area contributed by atoms with Gasteiger partial charge in [0, 0.05) is 33.2 Å². The molecule has 6 nitrogen and oxygen atoms in total. The Morgan fingerprint density at radius 1 is 1.11 bits per heavy atom. The number of carbonyl (C=O) groups is 3. The van der Waals surface area contributed by atoms with Gasteiger partial charge < -0.3 is 14.7 Å². The molecule has 3 amide bonds. The Morgan fingerprint density at radius 2 is 1.81 bits per heavy atom. The molecule has 144 valence electrons. The zero-order valence-corrected chi connectivity index (χ0v) is 16.1. The highest BCUT2D eigenvalue weighted by Crippen LogP contribution is 2.50. The maximum Gasteiger partial charge on any atom is 0.241 e. The third-order valence-corrected chi connectivity index (χ3v) is 6.37. The van der Waals surface area contributed by atoms with Gasteiger partial charge in [-0.15, -0.1) is 0 Å². The van der Waals surface area contributed by atoms with Crippen molar-refractivity contribution >= 4 is 17.7 Å². The minimum atomic E-state index is -0.404. The van der Waals surface area contributed by atoms with Gasteiger partial charge in [0.1, 0.15) is 6.54 Å². The number of benzene rings is 1. The highest BCUT2D eigenvalue weighted by molar-refractivity contribution is 5.93. The van der Waals surface area contributed by atoms with Gasteiger partial charge in [-0.25, -0.2) is 0 Å². The summed E-state index contributed by atoms with van der Waals surface area (Å²) in [5.74, 6) is -0.0774. The maximum atomic E-state index is 13.4. The summed E-state index contributed by atoms with van der Waals surface area (Å²) in [7, 11) is 3.41. The molecule has 0 spiro atoms. The lowest BCUT2D eigenvalue weighted by atomic mass is 9.93.